The molecule has 0 saturated heterocycles. The largest absolute Gasteiger partial charge is 0.291 e. The molecule has 0 saturated carbocycles. The molecule has 0 N–H and O–H groups in total. The predicted molar refractivity (Wildman–Crippen MR) is 57.4 cm³/mol. The summed E-state index contributed by atoms with van der Waals surface area (Å²) in [6.07, 6.45) is 13.0. The lowest BCUT2D eigenvalue weighted by atomic mass is 10.0. The van der Waals surface area contributed by atoms with E-state index in [-0.39, 0.29) is 0 Å². The molecule has 0 fully saturated rings. The van der Waals surface area contributed by atoms with Gasteiger partial charge in [0.05, 0.1) is 0 Å². The van der Waals surface area contributed by atoms with Crippen molar-refractivity contribution >= 4 is 6.29 Å². The van der Waals surface area contributed by atoms with E-state index in [0.29, 0.717) is 12.3 Å². The molecule has 0 heterocycles. The van der Waals surface area contributed by atoms with Crippen molar-refractivity contribution in [2.45, 2.75) is 52.4 Å². The molecule has 1 unspecified atom stereocenters. The van der Waals surface area contributed by atoms with Crippen LogP contribution in [-0.4, -0.2) is 6.29 Å². The van der Waals surface area contributed by atoms with Crippen molar-refractivity contribution in [3.05, 3.63) is 12.2 Å². The van der Waals surface area contributed by atoms with Gasteiger partial charge in [-0.25, -0.2) is 0 Å². The normalized spacial score (nSPS) is 13.4. The molecule has 75 valence electrons. The number of hydrogen-bond acceptors (Lipinski definition) is 1. The molecular weight excluding hydrogens is 160 g/mol. The van der Waals surface area contributed by atoms with Gasteiger partial charge in [-0.3, -0.25) is 4.79 Å². The Morgan fingerprint density at radius 1 is 1.31 bits per heavy atom. The molecule has 0 aliphatic heterocycles. The van der Waals surface area contributed by atoms with Crippen LogP contribution in [0.4, 0.5) is 0 Å². The summed E-state index contributed by atoms with van der Waals surface area (Å²) in [4.78, 5) is 10.1. The summed E-state index contributed by atoms with van der Waals surface area (Å²) in [7, 11) is 0. The lowest BCUT2D eigenvalue weighted by molar-refractivity contribution is 0.494. The van der Waals surface area contributed by atoms with E-state index in [0.717, 1.165) is 12.8 Å². The molecule has 0 aromatic carbocycles. The Kier molecular flexibility index (Phi) is 9.07. The first-order chi connectivity index (χ1) is 6.31. The molecule has 1 radical (unpaired) electrons. The Labute approximate surface area is 82.2 Å². The minimum absolute atomic E-state index is 0.511. The molecule has 13 heavy (non-hydrogen) atoms. The Morgan fingerprint density at radius 2 is 2.00 bits per heavy atom. The van der Waals surface area contributed by atoms with Crippen molar-refractivity contribution < 1.29 is 4.79 Å². The van der Waals surface area contributed by atoms with Gasteiger partial charge in [-0.2, -0.15) is 0 Å². The topological polar surface area (TPSA) is 17.1 Å². The molecule has 1 heteroatoms. The summed E-state index contributed by atoms with van der Waals surface area (Å²) < 4.78 is 0. The average molecular weight is 181 g/mol. The summed E-state index contributed by atoms with van der Waals surface area (Å²) in [5, 5.41) is 0. The van der Waals surface area contributed by atoms with Gasteiger partial charge in [0.15, 0.2) is 6.29 Å². The summed E-state index contributed by atoms with van der Waals surface area (Å²) in [6, 6.07) is 0. The Hall–Kier alpha value is -0.590. The van der Waals surface area contributed by atoms with E-state index in [1.54, 1.807) is 0 Å². The molecule has 0 aliphatic rings. The SMILES string of the molecule is CCC/C=C/CCCC(C)C[C]=O. The third-order valence-corrected chi connectivity index (χ3v) is 2.12. The summed E-state index contributed by atoms with van der Waals surface area (Å²) >= 11 is 0. The fourth-order valence-corrected chi connectivity index (χ4v) is 1.23. The number of hydrogen-bond donors (Lipinski definition) is 0. The third kappa shape index (κ3) is 9.32. The highest BCUT2D eigenvalue weighted by Crippen LogP contribution is 2.10. The van der Waals surface area contributed by atoms with Crippen LogP contribution < -0.4 is 0 Å². The predicted octanol–water partition coefficient (Wildman–Crippen LogP) is 3.65. The minimum atomic E-state index is 0.511. The zero-order valence-corrected chi connectivity index (χ0v) is 8.88. The zero-order valence-electron chi connectivity index (χ0n) is 8.88. The molecular formula is C12H21O. The van der Waals surface area contributed by atoms with Gasteiger partial charge in [-0.1, -0.05) is 32.4 Å². The standard InChI is InChI=1S/C12H21O/c1-3-4-5-6-7-8-9-12(2)10-11-13/h5-6,12H,3-4,7-10H2,1-2H3/b6-5+. The van der Waals surface area contributed by atoms with Gasteiger partial charge in [-0.05, 0) is 31.6 Å². The third-order valence-electron chi connectivity index (χ3n) is 2.12. The van der Waals surface area contributed by atoms with E-state index in [1.165, 1.54) is 19.3 Å². The Bertz CT molecular complexity index is 138. The molecule has 0 aliphatic carbocycles. The molecule has 1 atom stereocenters. The van der Waals surface area contributed by atoms with Crippen LogP contribution in [0.25, 0.3) is 0 Å². The van der Waals surface area contributed by atoms with Gasteiger partial charge in [0.2, 0.25) is 0 Å². The average Bonchev–Trinajstić information content (AvgIpc) is 2.11. The Morgan fingerprint density at radius 3 is 2.62 bits per heavy atom. The molecule has 0 aromatic heterocycles. The van der Waals surface area contributed by atoms with Crippen LogP contribution in [0.3, 0.4) is 0 Å². The van der Waals surface area contributed by atoms with Crippen molar-refractivity contribution in [1.82, 2.24) is 0 Å². The number of allylic oxidation sites excluding steroid dienone is 2. The fraction of sp³-hybridized carbons (Fsp3) is 0.750. The van der Waals surface area contributed by atoms with E-state index in [4.69, 9.17) is 0 Å². The highest BCUT2D eigenvalue weighted by Gasteiger charge is 1.99. The lowest BCUT2D eigenvalue weighted by Crippen LogP contribution is -1.94. The molecule has 0 amide bonds. The zero-order chi connectivity index (χ0) is 9.94. The van der Waals surface area contributed by atoms with Crippen molar-refractivity contribution in [2.75, 3.05) is 0 Å². The van der Waals surface area contributed by atoms with Crippen LogP contribution in [0.5, 0.6) is 0 Å². The highest BCUT2D eigenvalue weighted by atomic mass is 16.1. The molecule has 0 spiro atoms. The number of carbonyl (C=O) groups excluding carboxylic acids is 1. The van der Waals surface area contributed by atoms with Crippen LogP contribution in [0.1, 0.15) is 52.4 Å². The van der Waals surface area contributed by atoms with Gasteiger partial charge in [-0.15, -0.1) is 0 Å². The second-order valence-electron chi connectivity index (χ2n) is 3.64. The van der Waals surface area contributed by atoms with E-state index in [1.807, 2.05) is 6.29 Å². The Balaban J connectivity index is 3.19. The van der Waals surface area contributed by atoms with Crippen molar-refractivity contribution in [2.24, 2.45) is 5.92 Å². The van der Waals surface area contributed by atoms with E-state index >= 15 is 0 Å². The minimum Gasteiger partial charge on any atom is -0.291 e. The van der Waals surface area contributed by atoms with Crippen LogP contribution in [0, 0.1) is 5.92 Å². The van der Waals surface area contributed by atoms with Gasteiger partial charge >= 0.3 is 0 Å². The van der Waals surface area contributed by atoms with Gasteiger partial charge < -0.3 is 0 Å². The second kappa shape index (κ2) is 9.50. The number of unbranched alkanes of at least 4 members (excludes halogenated alkanes) is 2. The molecule has 1 nitrogen and oxygen atoms in total. The molecule has 0 bridgehead atoms. The van der Waals surface area contributed by atoms with E-state index in [9.17, 15) is 4.79 Å². The first-order valence-corrected chi connectivity index (χ1v) is 5.31. The summed E-state index contributed by atoms with van der Waals surface area (Å²) in [5.74, 6) is 0.511. The summed E-state index contributed by atoms with van der Waals surface area (Å²) in [5.41, 5.74) is 0. The second-order valence-corrected chi connectivity index (χ2v) is 3.64. The van der Waals surface area contributed by atoms with Gasteiger partial charge in [0.1, 0.15) is 0 Å². The first kappa shape index (κ1) is 12.4. The summed E-state index contributed by atoms with van der Waals surface area (Å²) in [6.45, 7) is 4.30. The quantitative estimate of drug-likeness (QED) is 0.412. The van der Waals surface area contributed by atoms with Crippen LogP contribution >= 0.6 is 0 Å². The van der Waals surface area contributed by atoms with Crippen LogP contribution in [-0.2, 0) is 4.79 Å². The van der Waals surface area contributed by atoms with Gasteiger partial charge in [0.25, 0.3) is 0 Å². The first-order valence-electron chi connectivity index (χ1n) is 5.31. The fourth-order valence-electron chi connectivity index (χ4n) is 1.23. The highest BCUT2D eigenvalue weighted by molar-refractivity contribution is 5.50. The van der Waals surface area contributed by atoms with E-state index in [2.05, 4.69) is 26.0 Å². The van der Waals surface area contributed by atoms with E-state index < -0.39 is 0 Å². The van der Waals surface area contributed by atoms with Crippen molar-refractivity contribution in [1.29, 1.82) is 0 Å². The van der Waals surface area contributed by atoms with Crippen LogP contribution in [0.2, 0.25) is 0 Å². The van der Waals surface area contributed by atoms with Gasteiger partial charge in [0, 0.05) is 6.42 Å². The number of rotatable bonds is 8. The van der Waals surface area contributed by atoms with Crippen molar-refractivity contribution in [3.8, 4) is 0 Å². The lowest BCUT2D eigenvalue weighted by Gasteiger charge is -2.04. The molecule has 0 rings (SSSR count). The monoisotopic (exact) mass is 181 g/mol. The maximum absolute atomic E-state index is 10.1. The van der Waals surface area contributed by atoms with Crippen LogP contribution in [0.15, 0.2) is 12.2 Å². The molecule has 0 aromatic rings. The van der Waals surface area contributed by atoms with Crippen molar-refractivity contribution in [3.63, 3.8) is 0 Å². The maximum Gasteiger partial charge on any atom is 0.198 e. The maximum atomic E-state index is 10.1. The smallest absolute Gasteiger partial charge is 0.198 e.